The van der Waals surface area contributed by atoms with Crippen molar-refractivity contribution in [2.45, 2.75) is 4.90 Å². The number of hydrogen-bond donors (Lipinski definition) is 0. The summed E-state index contributed by atoms with van der Waals surface area (Å²) in [5.74, 6) is -0.154. The summed E-state index contributed by atoms with van der Waals surface area (Å²) in [6, 6.07) is 21.0. The quantitative estimate of drug-likeness (QED) is 0.531. The third kappa shape index (κ3) is 4.85. The van der Waals surface area contributed by atoms with Gasteiger partial charge in [-0.1, -0.05) is 41.9 Å². The molecule has 0 bridgehead atoms. The second-order valence-electron chi connectivity index (χ2n) is 6.00. The highest BCUT2D eigenvalue weighted by Gasteiger charge is 2.29. The first-order chi connectivity index (χ1) is 13.9. The van der Waals surface area contributed by atoms with Gasteiger partial charge in [0.25, 0.3) is 15.9 Å². The van der Waals surface area contributed by atoms with Crippen LogP contribution < -0.4 is 9.04 Å². The number of carbonyl (C=O) groups excluding carboxylic acids is 1. The molecule has 0 unspecified atom stereocenters. The third-order valence-corrected chi connectivity index (χ3v) is 6.07. The number of benzene rings is 3. The van der Waals surface area contributed by atoms with Crippen molar-refractivity contribution in [3.05, 3.63) is 95.5 Å². The lowest BCUT2D eigenvalue weighted by Gasteiger charge is -2.21. The molecule has 0 radical (unpaired) electrons. The number of methoxy groups -OCH3 is 1. The zero-order valence-electron chi connectivity index (χ0n) is 15.5. The van der Waals surface area contributed by atoms with Crippen LogP contribution in [0.2, 0.25) is 5.02 Å². The Kier molecular flexibility index (Phi) is 6.36. The van der Waals surface area contributed by atoms with Gasteiger partial charge in [0.05, 0.1) is 17.7 Å². The summed E-state index contributed by atoms with van der Waals surface area (Å²) >= 11 is 5.87. The van der Waals surface area contributed by atoms with Crippen molar-refractivity contribution < 1.29 is 17.9 Å². The standard InChI is InChI=1S/C22H18ClNO4S/c1-28-20-12-10-19(11-13-20)24(22(25)16-7-17-5-3-2-4-6-17)29(26,27)21-14-8-18(23)9-15-21/h2-16H,1H3/b16-7+. The first-order valence-corrected chi connectivity index (χ1v) is 10.5. The van der Waals surface area contributed by atoms with Crippen LogP contribution >= 0.6 is 11.6 Å². The number of sulfonamides is 1. The van der Waals surface area contributed by atoms with Crippen molar-refractivity contribution in [2.75, 3.05) is 11.4 Å². The second kappa shape index (κ2) is 8.94. The summed E-state index contributed by atoms with van der Waals surface area (Å²) in [4.78, 5) is 12.9. The van der Waals surface area contributed by atoms with E-state index >= 15 is 0 Å². The molecule has 3 aromatic carbocycles. The molecule has 0 fully saturated rings. The Balaban J connectivity index is 2.04. The highest BCUT2D eigenvalue weighted by atomic mass is 35.5. The van der Waals surface area contributed by atoms with E-state index in [-0.39, 0.29) is 10.6 Å². The van der Waals surface area contributed by atoms with Crippen molar-refractivity contribution in [2.24, 2.45) is 0 Å². The van der Waals surface area contributed by atoms with Gasteiger partial charge in [-0.2, -0.15) is 4.31 Å². The Morgan fingerprint density at radius 1 is 0.931 bits per heavy atom. The molecule has 3 aromatic rings. The molecule has 0 saturated heterocycles. The van der Waals surface area contributed by atoms with Crippen LogP contribution in [0.3, 0.4) is 0 Å². The lowest BCUT2D eigenvalue weighted by atomic mass is 10.2. The normalized spacial score (nSPS) is 11.4. The van der Waals surface area contributed by atoms with Gasteiger partial charge in [-0.25, -0.2) is 8.42 Å². The van der Waals surface area contributed by atoms with Gasteiger partial charge in [-0.3, -0.25) is 4.79 Å². The van der Waals surface area contributed by atoms with Gasteiger partial charge < -0.3 is 4.74 Å². The van der Waals surface area contributed by atoms with Gasteiger partial charge in [-0.05, 0) is 60.2 Å². The lowest BCUT2D eigenvalue weighted by molar-refractivity contribution is -0.113. The molecule has 0 heterocycles. The van der Waals surface area contributed by atoms with Gasteiger partial charge in [0.1, 0.15) is 5.75 Å². The number of anilines is 1. The number of halogens is 1. The molecule has 0 aliphatic heterocycles. The number of carbonyl (C=O) groups is 1. The molecular weight excluding hydrogens is 410 g/mol. The van der Waals surface area contributed by atoms with E-state index < -0.39 is 15.9 Å². The average Bonchev–Trinajstić information content (AvgIpc) is 2.74. The number of hydrogen-bond acceptors (Lipinski definition) is 4. The molecule has 0 aliphatic rings. The number of nitrogens with zero attached hydrogens (tertiary/aromatic N) is 1. The van der Waals surface area contributed by atoms with Crippen LogP contribution in [0.15, 0.2) is 89.8 Å². The van der Waals surface area contributed by atoms with Gasteiger partial charge in [0.2, 0.25) is 0 Å². The van der Waals surface area contributed by atoms with Gasteiger partial charge in [0.15, 0.2) is 0 Å². The van der Waals surface area contributed by atoms with Crippen LogP contribution in [-0.4, -0.2) is 21.4 Å². The maximum Gasteiger partial charge on any atom is 0.271 e. The molecule has 29 heavy (non-hydrogen) atoms. The fourth-order valence-electron chi connectivity index (χ4n) is 2.61. The molecule has 5 nitrogen and oxygen atoms in total. The summed E-state index contributed by atoms with van der Waals surface area (Å²) in [6.07, 6.45) is 2.79. The van der Waals surface area contributed by atoms with E-state index in [0.717, 1.165) is 9.87 Å². The summed E-state index contributed by atoms with van der Waals surface area (Å²) in [6.45, 7) is 0. The van der Waals surface area contributed by atoms with Gasteiger partial charge in [0, 0.05) is 11.1 Å². The van der Waals surface area contributed by atoms with Gasteiger partial charge >= 0.3 is 0 Å². The topological polar surface area (TPSA) is 63.7 Å². The van der Waals surface area contributed by atoms with Crippen molar-refractivity contribution >= 4 is 39.3 Å². The van der Waals surface area contributed by atoms with Crippen LogP contribution in [-0.2, 0) is 14.8 Å². The van der Waals surface area contributed by atoms with Crippen molar-refractivity contribution in [3.63, 3.8) is 0 Å². The summed E-state index contributed by atoms with van der Waals surface area (Å²) in [5, 5.41) is 0.398. The van der Waals surface area contributed by atoms with Crippen LogP contribution in [0.4, 0.5) is 5.69 Å². The molecule has 0 aliphatic carbocycles. The van der Waals surface area contributed by atoms with E-state index in [1.807, 2.05) is 30.3 Å². The minimum Gasteiger partial charge on any atom is -0.497 e. The van der Waals surface area contributed by atoms with E-state index in [0.29, 0.717) is 10.8 Å². The predicted molar refractivity (Wildman–Crippen MR) is 115 cm³/mol. The van der Waals surface area contributed by atoms with E-state index in [2.05, 4.69) is 0 Å². The number of ether oxygens (including phenoxy) is 1. The first-order valence-electron chi connectivity index (χ1n) is 8.64. The molecule has 0 spiro atoms. The monoisotopic (exact) mass is 427 g/mol. The van der Waals surface area contributed by atoms with Crippen LogP contribution in [0.1, 0.15) is 5.56 Å². The summed E-state index contributed by atoms with van der Waals surface area (Å²) in [5.41, 5.74) is 0.975. The second-order valence-corrected chi connectivity index (χ2v) is 8.23. The minimum absolute atomic E-state index is 0.0424. The summed E-state index contributed by atoms with van der Waals surface area (Å²) < 4.78 is 32.4. The van der Waals surface area contributed by atoms with Crippen LogP contribution in [0, 0.1) is 0 Å². The van der Waals surface area contributed by atoms with Gasteiger partial charge in [-0.15, -0.1) is 0 Å². The SMILES string of the molecule is COc1ccc(N(C(=O)/C=C/c2ccccc2)S(=O)(=O)c2ccc(Cl)cc2)cc1. The fraction of sp³-hybridized carbons (Fsp3) is 0.0455. The zero-order valence-corrected chi connectivity index (χ0v) is 17.1. The Morgan fingerprint density at radius 3 is 2.14 bits per heavy atom. The van der Waals surface area contributed by atoms with E-state index in [4.69, 9.17) is 16.3 Å². The molecule has 1 amide bonds. The molecule has 0 N–H and O–H groups in total. The Hall–Kier alpha value is -3.09. The van der Waals surface area contributed by atoms with Crippen molar-refractivity contribution in [1.82, 2.24) is 0 Å². The maximum atomic E-state index is 13.2. The fourth-order valence-corrected chi connectivity index (χ4v) is 4.13. The smallest absolute Gasteiger partial charge is 0.271 e. The van der Waals surface area contributed by atoms with E-state index in [1.54, 1.807) is 18.2 Å². The van der Waals surface area contributed by atoms with Crippen LogP contribution in [0.25, 0.3) is 6.08 Å². The van der Waals surface area contributed by atoms with Crippen molar-refractivity contribution in [1.29, 1.82) is 0 Å². The maximum absolute atomic E-state index is 13.2. The molecule has 148 valence electrons. The summed E-state index contributed by atoms with van der Waals surface area (Å²) in [7, 11) is -2.66. The molecule has 0 saturated carbocycles. The first kappa shape index (κ1) is 20.6. The Bertz CT molecular complexity index is 1110. The minimum atomic E-state index is -4.16. The van der Waals surface area contributed by atoms with E-state index in [1.165, 1.54) is 49.6 Å². The molecule has 7 heteroatoms. The highest BCUT2D eigenvalue weighted by Crippen LogP contribution is 2.27. The highest BCUT2D eigenvalue weighted by molar-refractivity contribution is 7.93. The lowest BCUT2D eigenvalue weighted by Crippen LogP contribution is -2.35. The molecular formula is C22H18ClNO4S. The predicted octanol–water partition coefficient (Wildman–Crippen LogP) is 4.78. The number of amides is 1. The van der Waals surface area contributed by atoms with Crippen molar-refractivity contribution in [3.8, 4) is 5.75 Å². The molecule has 0 aromatic heterocycles. The Labute approximate surface area is 174 Å². The van der Waals surface area contributed by atoms with Crippen LogP contribution in [0.5, 0.6) is 5.75 Å². The van der Waals surface area contributed by atoms with E-state index in [9.17, 15) is 13.2 Å². The molecule has 3 rings (SSSR count). The third-order valence-electron chi connectivity index (χ3n) is 4.08. The molecule has 0 atom stereocenters. The average molecular weight is 428 g/mol. The largest absolute Gasteiger partial charge is 0.497 e. The number of rotatable bonds is 6. The Morgan fingerprint density at radius 2 is 1.55 bits per heavy atom. The zero-order chi connectivity index (χ0) is 20.9.